The first kappa shape index (κ1) is 20.8. The molecule has 160 valence electrons. The summed E-state index contributed by atoms with van der Waals surface area (Å²) >= 11 is 9.60. The van der Waals surface area contributed by atoms with Crippen LogP contribution in [0.25, 0.3) is 10.2 Å². The highest BCUT2D eigenvalue weighted by Gasteiger charge is 2.27. The minimum Gasteiger partial charge on any atom is -0.298 e. The molecule has 5 rings (SSSR count). The maximum Gasteiger partial charge on any atom is 0.262 e. The van der Waals surface area contributed by atoms with Crippen LogP contribution in [0, 0.1) is 0 Å². The van der Waals surface area contributed by atoms with Crippen molar-refractivity contribution in [2.45, 2.75) is 44.8 Å². The third kappa shape index (κ3) is 4.20. The Hall–Kier alpha value is -2.06. The molecule has 0 spiro atoms. The number of hydrogen-bond acceptors (Lipinski definition) is 6. The minimum absolute atomic E-state index is 0.0730. The van der Waals surface area contributed by atoms with Gasteiger partial charge in [0.25, 0.3) is 5.56 Å². The molecule has 0 saturated carbocycles. The van der Waals surface area contributed by atoms with Gasteiger partial charge < -0.3 is 0 Å². The summed E-state index contributed by atoms with van der Waals surface area (Å²) in [6.07, 6.45) is 5.34. The lowest BCUT2D eigenvalue weighted by Crippen LogP contribution is -2.35. The molecular formula is C23H23ClN4OS2. The van der Waals surface area contributed by atoms with Crippen molar-refractivity contribution in [1.82, 2.24) is 19.4 Å². The lowest BCUT2D eigenvalue weighted by atomic mass is 9.92. The molecule has 0 saturated heterocycles. The van der Waals surface area contributed by atoms with Gasteiger partial charge in [0.1, 0.15) is 4.83 Å². The van der Waals surface area contributed by atoms with Gasteiger partial charge in [0.15, 0.2) is 0 Å². The first-order valence-electron chi connectivity index (χ1n) is 10.4. The highest BCUT2D eigenvalue weighted by atomic mass is 35.5. The number of aryl methyl sites for hydroxylation is 3. The first-order chi connectivity index (χ1) is 15.1. The number of thiophene rings is 1. The molecule has 0 N–H and O–H groups in total. The Labute approximate surface area is 194 Å². The number of benzene rings is 1. The predicted molar refractivity (Wildman–Crippen MR) is 128 cm³/mol. The van der Waals surface area contributed by atoms with E-state index in [0.717, 1.165) is 52.3 Å². The Bertz CT molecular complexity index is 1260. The Kier molecular flexibility index (Phi) is 5.93. The number of halogens is 1. The van der Waals surface area contributed by atoms with E-state index in [1.165, 1.54) is 10.4 Å². The average molecular weight is 471 g/mol. The second-order valence-electron chi connectivity index (χ2n) is 8.06. The maximum atomic E-state index is 13.3. The molecule has 0 fully saturated rings. The van der Waals surface area contributed by atoms with E-state index >= 15 is 0 Å². The lowest BCUT2D eigenvalue weighted by molar-refractivity contribution is 0.213. The quantitative estimate of drug-likeness (QED) is 0.406. The third-order valence-electron chi connectivity index (χ3n) is 6.11. The molecule has 1 aromatic carbocycles. The van der Waals surface area contributed by atoms with Crippen LogP contribution in [0.2, 0.25) is 5.02 Å². The number of rotatable bonds is 6. The Balaban J connectivity index is 1.37. The molecular weight excluding hydrogens is 448 g/mol. The predicted octanol–water partition coefficient (Wildman–Crippen LogP) is 4.80. The van der Waals surface area contributed by atoms with Crippen LogP contribution in [0.15, 0.2) is 46.3 Å². The molecule has 3 aromatic heterocycles. The topological polar surface area (TPSA) is 51.0 Å². The van der Waals surface area contributed by atoms with Gasteiger partial charge in [0.2, 0.25) is 0 Å². The minimum atomic E-state index is 0.0730. The molecule has 31 heavy (non-hydrogen) atoms. The smallest absolute Gasteiger partial charge is 0.262 e. The highest BCUT2D eigenvalue weighted by Crippen LogP contribution is 2.35. The molecule has 0 radical (unpaired) electrons. The van der Waals surface area contributed by atoms with Gasteiger partial charge in [0, 0.05) is 34.4 Å². The van der Waals surface area contributed by atoms with Crippen molar-refractivity contribution in [2.75, 3.05) is 7.05 Å². The Morgan fingerprint density at radius 2 is 2.16 bits per heavy atom. The normalized spacial score (nSPS) is 16.2. The number of fused-ring (bicyclic) bond motifs is 3. The van der Waals surface area contributed by atoms with Crippen LogP contribution < -0.4 is 5.56 Å². The van der Waals surface area contributed by atoms with E-state index in [4.69, 9.17) is 11.6 Å². The van der Waals surface area contributed by atoms with Crippen LogP contribution in [-0.2, 0) is 32.4 Å². The summed E-state index contributed by atoms with van der Waals surface area (Å²) < 4.78 is 1.74. The van der Waals surface area contributed by atoms with Gasteiger partial charge in [-0.15, -0.1) is 22.7 Å². The molecule has 8 heteroatoms. The summed E-state index contributed by atoms with van der Waals surface area (Å²) in [5.74, 6) is 0. The summed E-state index contributed by atoms with van der Waals surface area (Å²) in [7, 11) is 2.17. The molecule has 5 nitrogen and oxygen atoms in total. The Morgan fingerprint density at radius 3 is 2.97 bits per heavy atom. The van der Waals surface area contributed by atoms with Crippen molar-refractivity contribution in [3.05, 3.63) is 78.6 Å². The van der Waals surface area contributed by atoms with Crippen molar-refractivity contribution in [3.8, 4) is 0 Å². The fourth-order valence-electron chi connectivity index (χ4n) is 4.36. The zero-order valence-electron chi connectivity index (χ0n) is 17.3. The second kappa shape index (κ2) is 8.82. The standard InChI is InChI=1S/C23H23ClN4OS2/c1-27(11-16-12-30-14-26-16)17-6-7-18-20(10-17)31-22-21(18)23(29)28(13-25-22)9-8-15-4-2-3-5-19(15)24/h2-5,12-14,17H,6-11H2,1H3/t17-/m1/s1. The van der Waals surface area contributed by atoms with Gasteiger partial charge in [-0.1, -0.05) is 29.8 Å². The zero-order valence-corrected chi connectivity index (χ0v) is 19.6. The van der Waals surface area contributed by atoms with E-state index in [1.54, 1.807) is 33.6 Å². The van der Waals surface area contributed by atoms with Gasteiger partial charge in [-0.05, 0) is 49.9 Å². The van der Waals surface area contributed by atoms with Crippen LogP contribution >= 0.6 is 34.3 Å². The molecule has 4 aromatic rings. The molecule has 0 bridgehead atoms. The van der Waals surface area contributed by atoms with Gasteiger partial charge in [-0.2, -0.15) is 0 Å². The molecule has 3 heterocycles. The summed E-state index contributed by atoms with van der Waals surface area (Å²) in [6, 6.07) is 8.25. The summed E-state index contributed by atoms with van der Waals surface area (Å²) in [6.45, 7) is 1.44. The highest BCUT2D eigenvalue weighted by molar-refractivity contribution is 7.18. The van der Waals surface area contributed by atoms with Crippen LogP contribution in [-0.4, -0.2) is 32.5 Å². The number of hydrogen-bond donors (Lipinski definition) is 0. The molecule has 0 aliphatic heterocycles. The van der Waals surface area contributed by atoms with E-state index in [2.05, 4.69) is 27.3 Å². The van der Waals surface area contributed by atoms with Crippen LogP contribution in [0.1, 0.15) is 28.1 Å². The fourth-order valence-corrected chi connectivity index (χ4v) is 6.39. The van der Waals surface area contributed by atoms with Crippen molar-refractivity contribution >= 4 is 44.5 Å². The molecule has 1 atom stereocenters. The van der Waals surface area contributed by atoms with Gasteiger partial charge in [-0.25, -0.2) is 9.97 Å². The largest absolute Gasteiger partial charge is 0.298 e. The Morgan fingerprint density at radius 1 is 1.29 bits per heavy atom. The van der Waals surface area contributed by atoms with Crippen molar-refractivity contribution < 1.29 is 0 Å². The third-order valence-corrected chi connectivity index (χ3v) is 8.27. The monoisotopic (exact) mass is 470 g/mol. The zero-order chi connectivity index (χ0) is 21.4. The first-order valence-corrected chi connectivity index (χ1v) is 12.5. The van der Waals surface area contributed by atoms with Crippen LogP contribution in [0.3, 0.4) is 0 Å². The molecule has 1 aliphatic rings. The summed E-state index contributed by atoms with van der Waals surface area (Å²) in [5, 5.41) is 3.67. The van der Waals surface area contributed by atoms with Gasteiger partial charge >= 0.3 is 0 Å². The maximum absolute atomic E-state index is 13.3. The number of thiazole rings is 1. The van der Waals surface area contributed by atoms with E-state index < -0.39 is 0 Å². The van der Waals surface area contributed by atoms with E-state index in [0.29, 0.717) is 19.0 Å². The average Bonchev–Trinajstić information content (AvgIpc) is 3.41. The van der Waals surface area contributed by atoms with Crippen LogP contribution in [0.4, 0.5) is 0 Å². The van der Waals surface area contributed by atoms with Crippen LogP contribution in [0.5, 0.6) is 0 Å². The van der Waals surface area contributed by atoms with Crippen molar-refractivity contribution in [1.29, 1.82) is 0 Å². The van der Waals surface area contributed by atoms with E-state index in [1.807, 2.05) is 29.8 Å². The van der Waals surface area contributed by atoms with Gasteiger partial charge in [0.05, 0.1) is 22.9 Å². The van der Waals surface area contributed by atoms with Gasteiger partial charge in [-0.3, -0.25) is 14.3 Å². The lowest BCUT2D eigenvalue weighted by Gasteiger charge is -2.30. The van der Waals surface area contributed by atoms with Crippen molar-refractivity contribution in [2.24, 2.45) is 0 Å². The molecule has 0 unspecified atom stereocenters. The summed E-state index contributed by atoms with van der Waals surface area (Å²) in [5.41, 5.74) is 5.34. The molecule has 0 amide bonds. The fraction of sp³-hybridized carbons (Fsp3) is 0.348. The summed E-state index contributed by atoms with van der Waals surface area (Å²) in [4.78, 5) is 26.9. The number of likely N-dealkylation sites (N-methyl/N-ethyl adjacent to an activating group) is 1. The number of aromatic nitrogens is 3. The second-order valence-corrected chi connectivity index (χ2v) is 10.3. The number of nitrogens with zero attached hydrogens (tertiary/aromatic N) is 4. The molecule has 1 aliphatic carbocycles. The van der Waals surface area contributed by atoms with E-state index in [9.17, 15) is 4.79 Å². The SMILES string of the molecule is CN(Cc1cscn1)[C@@H]1CCc2c(sc3ncn(CCc4ccccc4Cl)c(=O)c23)C1. The van der Waals surface area contributed by atoms with E-state index in [-0.39, 0.29) is 5.56 Å². The van der Waals surface area contributed by atoms with Crippen molar-refractivity contribution in [3.63, 3.8) is 0 Å².